The Morgan fingerprint density at radius 3 is 2.66 bits per heavy atom. The van der Waals surface area contributed by atoms with E-state index in [0.717, 1.165) is 12.8 Å². The normalized spacial score (nSPS) is 35.6. The molecule has 2 fully saturated rings. The van der Waals surface area contributed by atoms with Crippen molar-refractivity contribution in [2.45, 2.75) is 82.8 Å². The molecule has 11 heteroatoms. The number of rotatable bonds is 6. The van der Waals surface area contributed by atoms with Gasteiger partial charge in [-0.15, -0.1) is 0 Å². The van der Waals surface area contributed by atoms with Crippen molar-refractivity contribution < 1.29 is 33.8 Å². The van der Waals surface area contributed by atoms with Gasteiger partial charge < -0.3 is 29.7 Å². The first-order valence-corrected chi connectivity index (χ1v) is 14.4. The zero-order valence-corrected chi connectivity index (χ0v) is 23.8. The zero-order chi connectivity index (χ0) is 27.6. The largest absolute Gasteiger partial charge is 0.460 e. The Morgan fingerprint density at radius 2 is 1.97 bits per heavy atom. The number of nitrogens with zero attached hydrogens (tertiary/aromatic N) is 2. The molecular formula is C27H38BrN3O7. The summed E-state index contributed by atoms with van der Waals surface area (Å²) < 4.78 is 12.7. The average Bonchev–Trinajstić information content (AvgIpc) is 3.48. The number of aliphatic hydroxyl groups excluding tert-OH is 1. The number of fused-ring (bicyclic) bond motifs is 2. The first-order valence-electron chi connectivity index (χ1n) is 13.6. The zero-order valence-electron chi connectivity index (χ0n) is 22.2. The molecule has 0 aromatic rings. The Morgan fingerprint density at radius 1 is 1.21 bits per heavy atom. The van der Waals surface area contributed by atoms with Gasteiger partial charge in [-0.05, 0) is 32.3 Å². The van der Waals surface area contributed by atoms with Crippen LogP contribution in [0.25, 0.3) is 0 Å². The summed E-state index contributed by atoms with van der Waals surface area (Å²) >= 11 is 3.52. The third kappa shape index (κ3) is 5.04. The number of ether oxygens (including phenoxy) is 2. The Kier molecular flexibility index (Phi) is 8.99. The first kappa shape index (κ1) is 28.8. The maximum Gasteiger partial charge on any atom is 0.313 e. The van der Waals surface area contributed by atoms with Crippen molar-refractivity contribution in [3.05, 3.63) is 22.7 Å². The number of unbranched alkanes of at least 4 members (excludes halogenated alkanes) is 1. The van der Waals surface area contributed by atoms with Gasteiger partial charge in [0.15, 0.2) is 0 Å². The van der Waals surface area contributed by atoms with Crippen molar-refractivity contribution in [1.82, 2.24) is 15.1 Å². The van der Waals surface area contributed by atoms with Crippen LogP contribution in [0.3, 0.4) is 0 Å². The minimum atomic E-state index is -1.36. The summed E-state index contributed by atoms with van der Waals surface area (Å²) in [5.41, 5.74) is -1.36. The van der Waals surface area contributed by atoms with Gasteiger partial charge in [-0.2, -0.15) is 0 Å². The Hall–Kier alpha value is -2.24. The minimum Gasteiger partial charge on any atom is -0.460 e. The van der Waals surface area contributed by atoms with Crippen LogP contribution >= 0.6 is 15.9 Å². The highest BCUT2D eigenvalue weighted by Crippen LogP contribution is 2.59. The van der Waals surface area contributed by atoms with Crippen LogP contribution in [0.2, 0.25) is 0 Å². The molecule has 210 valence electrons. The molecule has 0 saturated carbocycles. The highest BCUT2D eigenvalue weighted by Gasteiger charge is 2.75. The van der Waals surface area contributed by atoms with Crippen LogP contribution in [0.4, 0.5) is 0 Å². The van der Waals surface area contributed by atoms with Crippen LogP contribution in [0.15, 0.2) is 22.7 Å². The fraction of sp³-hybridized carbons (Fsp3) is 0.704. The van der Waals surface area contributed by atoms with Crippen molar-refractivity contribution in [3.8, 4) is 0 Å². The smallest absolute Gasteiger partial charge is 0.313 e. The van der Waals surface area contributed by atoms with Gasteiger partial charge in [0.1, 0.15) is 29.8 Å². The topological polar surface area (TPSA) is 125 Å². The number of nitrogens with one attached hydrogen (secondary N) is 1. The number of cyclic esters (lactones) is 1. The molecule has 4 aliphatic rings. The van der Waals surface area contributed by atoms with Crippen LogP contribution in [0.1, 0.15) is 52.9 Å². The van der Waals surface area contributed by atoms with Crippen LogP contribution in [0.5, 0.6) is 0 Å². The van der Waals surface area contributed by atoms with E-state index in [1.807, 2.05) is 26.0 Å². The van der Waals surface area contributed by atoms with E-state index in [9.17, 15) is 24.3 Å². The molecule has 0 unspecified atom stereocenters. The summed E-state index contributed by atoms with van der Waals surface area (Å²) in [6, 6.07) is -1.64. The van der Waals surface area contributed by atoms with E-state index in [4.69, 9.17) is 9.47 Å². The molecule has 4 aliphatic heterocycles. The molecule has 38 heavy (non-hydrogen) atoms. The highest BCUT2D eigenvalue weighted by molar-refractivity contribution is 9.11. The number of esters is 1. The summed E-state index contributed by atoms with van der Waals surface area (Å²) in [4.78, 5) is 57.3. The number of allylic oxidation sites excluding steroid dienone is 1. The standard InChI is InChI=1S/C27H38BrN3O7/c1-4-6-11-30-12-9-7-8-10-19(33)29-14-16(3)37-26(36)20-21-24(34)31(17(5-2)15-32)23(25(30)35)27(21)13-18(28)22(20)38-27/h7,9,13,16-17,20-23,32H,4-6,8,10-12,14-15H2,1-3H3,(H,29,33)/b9-7-/t16-,17+,20+,21-,22+,23+,27-/m1/s1. The SMILES string of the molecule is CCCCN1C/C=C\CCC(=O)NC[C@@H](C)OC(=O)[C@@H]2[C@H]3O[C@@]4(C=C3Br)[C@H](C1=O)N([C@@H](CC)CO)C(=O)[C@@H]24. The van der Waals surface area contributed by atoms with Gasteiger partial charge >= 0.3 is 5.97 Å². The summed E-state index contributed by atoms with van der Waals surface area (Å²) in [5.74, 6) is -3.37. The second kappa shape index (κ2) is 11.9. The van der Waals surface area contributed by atoms with Crippen molar-refractivity contribution >= 4 is 39.6 Å². The fourth-order valence-electron chi connectivity index (χ4n) is 6.02. The minimum absolute atomic E-state index is 0.147. The lowest BCUT2D eigenvalue weighted by Crippen LogP contribution is -2.58. The molecule has 3 amide bonds. The Labute approximate surface area is 231 Å². The molecule has 2 saturated heterocycles. The van der Waals surface area contributed by atoms with Crippen LogP contribution in [0, 0.1) is 11.8 Å². The van der Waals surface area contributed by atoms with Gasteiger partial charge in [-0.1, -0.05) is 48.4 Å². The van der Waals surface area contributed by atoms with Gasteiger partial charge in [0.05, 0.1) is 25.1 Å². The summed E-state index contributed by atoms with van der Waals surface area (Å²) in [6.07, 6.45) is 6.99. The fourth-order valence-corrected chi connectivity index (χ4v) is 6.76. The molecule has 4 heterocycles. The van der Waals surface area contributed by atoms with E-state index >= 15 is 0 Å². The molecule has 0 aromatic carbocycles. The second-order valence-corrected chi connectivity index (χ2v) is 11.4. The highest BCUT2D eigenvalue weighted by atomic mass is 79.9. The number of likely N-dealkylation sites (tertiary alicyclic amines) is 1. The molecule has 1 spiro atoms. The van der Waals surface area contributed by atoms with Crippen LogP contribution < -0.4 is 5.32 Å². The summed E-state index contributed by atoms with van der Waals surface area (Å²) in [7, 11) is 0. The van der Waals surface area contributed by atoms with E-state index in [2.05, 4.69) is 21.2 Å². The Bertz CT molecular complexity index is 1010. The molecule has 5 bridgehead atoms. The molecule has 4 rings (SSSR count). The number of amides is 3. The van der Waals surface area contributed by atoms with Crippen LogP contribution in [-0.2, 0) is 28.7 Å². The van der Waals surface area contributed by atoms with E-state index in [1.54, 1.807) is 17.9 Å². The summed E-state index contributed by atoms with van der Waals surface area (Å²) in [6.45, 7) is 6.19. The molecule has 7 atom stereocenters. The summed E-state index contributed by atoms with van der Waals surface area (Å²) in [5, 5.41) is 13.0. The lowest BCUT2D eigenvalue weighted by molar-refractivity contribution is -0.159. The maximum absolute atomic E-state index is 14.3. The maximum atomic E-state index is 14.3. The van der Waals surface area contributed by atoms with Gasteiger partial charge in [-0.25, -0.2) is 0 Å². The first-order chi connectivity index (χ1) is 18.2. The number of carbonyl (C=O) groups excluding carboxylic acids is 4. The lowest BCUT2D eigenvalue weighted by atomic mass is 9.74. The van der Waals surface area contributed by atoms with Gasteiger partial charge in [0, 0.05) is 24.0 Å². The van der Waals surface area contributed by atoms with E-state index < -0.39 is 53.6 Å². The van der Waals surface area contributed by atoms with Crippen molar-refractivity contribution in [1.29, 1.82) is 0 Å². The number of halogens is 1. The quantitative estimate of drug-likeness (QED) is 0.353. The predicted molar refractivity (Wildman–Crippen MR) is 142 cm³/mol. The Balaban J connectivity index is 1.81. The van der Waals surface area contributed by atoms with Gasteiger partial charge in [0.2, 0.25) is 17.7 Å². The van der Waals surface area contributed by atoms with Crippen LogP contribution in [-0.4, -0.2) is 94.7 Å². The molecule has 0 aromatic heterocycles. The number of hydrogen-bond acceptors (Lipinski definition) is 7. The van der Waals surface area contributed by atoms with Crippen molar-refractivity contribution in [2.24, 2.45) is 11.8 Å². The molecule has 10 nitrogen and oxygen atoms in total. The second-order valence-electron chi connectivity index (χ2n) is 10.5. The molecule has 0 aliphatic carbocycles. The predicted octanol–water partition coefficient (Wildman–Crippen LogP) is 1.66. The number of carbonyl (C=O) groups is 4. The van der Waals surface area contributed by atoms with E-state index in [0.29, 0.717) is 30.4 Å². The molecule has 2 N–H and O–H groups in total. The van der Waals surface area contributed by atoms with Crippen molar-refractivity contribution in [2.75, 3.05) is 26.2 Å². The third-order valence-electron chi connectivity index (χ3n) is 7.97. The molecular weight excluding hydrogens is 558 g/mol. The van der Waals surface area contributed by atoms with Gasteiger partial charge in [-0.3, -0.25) is 19.2 Å². The third-order valence-corrected chi connectivity index (χ3v) is 8.65. The lowest BCUT2D eigenvalue weighted by Gasteiger charge is -2.38. The van der Waals surface area contributed by atoms with Gasteiger partial charge in [0.25, 0.3) is 0 Å². The number of hydrogen-bond donors (Lipinski definition) is 2. The molecule has 0 radical (unpaired) electrons. The van der Waals surface area contributed by atoms with E-state index in [1.165, 1.54) is 4.90 Å². The van der Waals surface area contributed by atoms with E-state index in [-0.39, 0.29) is 31.4 Å². The average molecular weight is 597 g/mol. The number of aliphatic hydroxyl groups is 1. The monoisotopic (exact) mass is 595 g/mol. The van der Waals surface area contributed by atoms with Crippen molar-refractivity contribution in [3.63, 3.8) is 0 Å².